The summed E-state index contributed by atoms with van der Waals surface area (Å²) >= 11 is 0. The summed E-state index contributed by atoms with van der Waals surface area (Å²) in [6.45, 7) is -0.988. The van der Waals surface area contributed by atoms with E-state index in [1.165, 1.54) is 29.6 Å². The highest BCUT2D eigenvalue weighted by Gasteiger charge is 2.34. The third-order valence-corrected chi connectivity index (χ3v) is 7.41. The van der Waals surface area contributed by atoms with Crippen LogP contribution in [0.5, 0.6) is 11.5 Å². The predicted octanol–water partition coefficient (Wildman–Crippen LogP) is 2.18. The van der Waals surface area contributed by atoms with Gasteiger partial charge in [-0.2, -0.15) is 25.8 Å². The van der Waals surface area contributed by atoms with Crippen LogP contribution in [-0.4, -0.2) is 80.8 Å². The molecular formula is C19H27F2N3O5S. The Hall–Kier alpha value is -1.98. The number of carbonyl (C=O) groups is 1. The van der Waals surface area contributed by atoms with Gasteiger partial charge >= 0.3 is 6.61 Å². The molecule has 0 aromatic heterocycles. The molecule has 3 rings (SSSR count). The first-order chi connectivity index (χ1) is 14.3. The number of hydrogen-bond donors (Lipinski definition) is 0. The second-order valence-corrected chi connectivity index (χ2v) is 9.18. The van der Waals surface area contributed by atoms with Crippen molar-refractivity contribution in [3.05, 3.63) is 23.8 Å². The van der Waals surface area contributed by atoms with Gasteiger partial charge in [0, 0.05) is 44.8 Å². The molecule has 0 spiro atoms. The van der Waals surface area contributed by atoms with E-state index in [2.05, 4.69) is 4.74 Å². The zero-order chi connectivity index (χ0) is 21.7. The molecule has 168 valence electrons. The van der Waals surface area contributed by atoms with Gasteiger partial charge in [-0.15, -0.1) is 0 Å². The van der Waals surface area contributed by atoms with Gasteiger partial charge < -0.3 is 14.4 Å². The van der Waals surface area contributed by atoms with Crippen molar-refractivity contribution >= 4 is 16.1 Å². The molecule has 0 aliphatic carbocycles. The molecule has 2 saturated heterocycles. The molecule has 0 saturated carbocycles. The van der Waals surface area contributed by atoms with Crippen molar-refractivity contribution in [1.82, 2.24) is 13.5 Å². The molecule has 0 N–H and O–H groups in total. The van der Waals surface area contributed by atoms with Crippen LogP contribution in [0.4, 0.5) is 8.78 Å². The molecular weight excluding hydrogens is 420 g/mol. The lowest BCUT2D eigenvalue weighted by Crippen LogP contribution is -2.54. The minimum absolute atomic E-state index is 0.0310. The Morgan fingerprint density at radius 3 is 2.10 bits per heavy atom. The summed E-state index contributed by atoms with van der Waals surface area (Å²) in [5.74, 6) is -0.440. The zero-order valence-electron chi connectivity index (χ0n) is 16.9. The van der Waals surface area contributed by atoms with E-state index in [1.54, 1.807) is 9.21 Å². The predicted molar refractivity (Wildman–Crippen MR) is 106 cm³/mol. The van der Waals surface area contributed by atoms with Crippen molar-refractivity contribution in [2.24, 2.45) is 0 Å². The lowest BCUT2D eigenvalue weighted by molar-refractivity contribution is -0.0512. The van der Waals surface area contributed by atoms with E-state index in [-0.39, 0.29) is 49.1 Å². The Bertz CT molecular complexity index is 837. The summed E-state index contributed by atoms with van der Waals surface area (Å²) < 4.78 is 63.1. The molecule has 0 atom stereocenters. The Labute approximate surface area is 175 Å². The maximum absolute atomic E-state index is 12.9. The van der Waals surface area contributed by atoms with E-state index >= 15 is 0 Å². The molecule has 1 aromatic rings. The van der Waals surface area contributed by atoms with Gasteiger partial charge in [0.15, 0.2) is 11.5 Å². The van der Waals surface area contributed by atoms with Crippen molar-refractivity contribution in [3.8, 4) is 11.5 Å². The fourth-order valence-corrected chi connectivity index (χ4v) is 5.41. The number of hydrogen-bond acceptors (Lipinski definition) is 5. The summed E-state index contributed by atoms with van der Waals surface area (Å²) in [5.41, 5.74) is 0.261. The molecule has 1 amide bonds. The first kappa shape index (κ1) is 22.7. The molecule has 1 aromatic carbocycles. The van der Waals surface area contributed by atoms with Crippen LogP contribution in [0.2, 0.25) is 0 Å². The van der Waals surface area contributed by atoms with Crippen molar-refractivity contribution in [1.29, 1.82) is 0 Å². The monoisotopic (exact) mass is 447 g/mol. The van der Waals surface area contributed by atoms with Crippen LogP contribution < -0.4 is 9.47 Å². The molecule has 8 nitrogen and oxygen atoms in total. The number of halogens is 2. The fraction of sp³-hybridized carbons (Fsp3) is 0.632. The molecule has 2 heterocycles. The molecule has 0 unspecified atom stereocenters. The average Bonchev–Trinajstić information content (AvgIpc) is 3.03. The van der Waals surface area contributed by atoms with E-state index < -0.39 is 16.8 Å². The van der Waals surface area contributed by atoms with Gasteiger partial charge in [-0.05, 0) is 31.0 Å². The van der Waals surface area contributed by atoms with E-state index in [9.17, 15) is 22.0 Å². The molecule has 0 bridgehead atoms. The van der Waals surface area contributed by atoms with E-state index in [0.717, 1.165) is 25.7 Å². The number of benzene rings is 1. The van der Waals surface area contributed by atoms with Crippen LogP contribution in [0, 0.1) is 0 Å². The molecule has 30 heavy (non-hydrogen) atoms. The number of nitrogens with zero attached hydrogens (tertiary/aromatic N) is 3. The smallest absolute Gasteiger partial charge is 0.387 e. The largest absolute Gasteiger partial charge is 0.493 e. The topological polar surface area (TPSA) is 79.4 Å². The van der Waals surface area contributed by atoms with Gasteiger partial charge in [-0.25, -0.2) is 0 Å². The minimum atomic E-state index is -3.53. The summed E-state index contributed by atoms with van der Waals surface area (Å²) in [4.78, 5) is 14.4. The lowest BCUT2D eigenvalue weighted by atomic mass is 10.1. The Morgan fingerprint density at radius 2 is 1.53 bits per heavy atom. The second kappa shape index (κ2) is 9.88. The highest BCUT2D eigenvalue weighted by molar-refractivity contribution is 7.86. The van der Waals surface area contributed by atoms with Crippen LogP contribution >= 0.6 is 0 Å². The second-order valence-electron chi connectivity index (χ2n) is 7.26. The van der Waals surface area contributed by atoms with Crippen molar-refractivity contribution < 1.29 is 31.5 Å². The number of alkyl halides is 2. The van der Waals surface area contributed by atoms with Crippen LogP contribution in [-0.2, 0) is 10.2 Å². The van der Waals surface area contributed by atoms with Crippen LogP contribution in [0.3, 0.4) is 0 Å². The van der Waals surface area contributed by atoms with Gasteiger partial charge in [0.1, 0.15) is 0 Å². The highest BCUT2D eigenvalue weighted by atomic mass is 32.2. The van der Waals surface area contributed by atoms with Gasteiger partial charge in [0.2, 0.25) is 0 Å². The van der Waals surface area contributed by atoms with Gasteiger partial charge in [-0.1, -0.05) is 12.8 Å². The van der Waals surface area contributed by atoms with E-state index in [1.807, 2.05) is 0 Å². The summed E-state index contributed by atoms with van der Waals surface area (Å²) in [7, 11) is -2.23. The quantitative estimate of drug-likeness (QED) is 0.668. The summed E-state index contributed by atoms with van der Waals surface area (Å²) in [6.07, 6.45) is 3.81. The number of amides is 1. The van der Waals surface area contributed by atoms with E-state index in [0.29, 0.717) is 13.1 Å². The van der Waals surface area contributed by atoms with E-state index in [4.69, 9.17) is 4.74 Å². The SMILES string of the molecule is COc1cc(C(=O)N2CCN(S(=O)(=O)N3CCCCCC3)CC2)ccc1OC(F)F. The normalized spacial score (nSPS) is 19.5. The third kappa shape index (κ3) is 5.19. The molecule has 11 heteroatoms. The maximum atomic E-state index is 12.9. The van der Waals surface area contributed by atoms with Crippen molar-refractivity contribution in [2.45, 2.75) is 32.3 Å². The molecule has 0 radical (unpaired) electrons. The zero-order valence-corrected chi connectivity index (χ0v) is 17.7. The Balaban J connectivity index is 1.63. The van der Waals surface area contributed by atoms with Crippen molar-refractivity contribution in [2.75, 3.05) is 46.4 Å². The third-order valence-electron chi connectivity index (χ3n) is 5.37. The summed E-state index contributed by atoms with van der Waals surface area (Å²) in [6, 6.07) is 4.00. The number of rotatable bonds is 6. The number of carbonyl (C=O) groups excluding carboxylic acids is 1. The minimum Gasteiger partial charge on any atom is -0.493 e. The van der Waals surface area contributed by atoms with Gasteiger partial charge in [0.25, 0.3) is 16.1 Å². The fourth-order valence-electron chi connectivity index (χ4n) is 3.73. The molecule has 2 fully saturated rings. The first-order valence-corrected chi connectivity index (χ1v) is 11.4. The van der Waals surface area contributed by atoms with Gasteiger partial charge in [-0.3, -0.25) is 4.79 Å². The lowest BCUT2D eigenvalue weighted by Gasteiger charge is -2.36. The maximum Gasteiger partial charge on any atom is 0.387 e. The highest BCUT2D eigenvalue weighted by Crippen LogP contribution is 2.30. The summed E-state index contributed by atoms with van der Waals surface area (Å²) in [5, 5.41) is 0. The molecule has 2 aliphatic rings. The van der Waals surface area contributed by atoms with Crippen LogP contribution in [0.15, 0.2) is 18.2 Å². The van der Waals surface area contributed by atoms with Gasteiger partial charge in [0.05, 0.1) is 7.11 Å². The standard InChI is InChI=1S/C19H27F2N3O5S/c1-28-17-14-15(6-7-16(17)29-19(20)21)18(25)22-10-12-24(13-11-22)30(26,27)23-8-4-2-3-5-9-23/h6-7,14,19H,2-5,8-13H2,1H3. The van der Waals surface area contributed by atoms with Crippen LogP contribution in [0.1, 0.15) is 36.0 Å². The van der Waals surface area contributed by atoms with Crippen molar-refractivity contribution in [3.63, 3.8) is 0 Å². The average molecular weight is 448 g/mol. The van der Waals surface area contributed by atoms with Crippen LogP contribution in [0.25, 0.3) is 0 Å². The first-order valence-electron chi connectivity index (χ1n) is 10.0. The number of ether oxygens (including phenoxy) is 2. The number of piperazine rings is 1. The Morgan fingerprint density at radius 1 is 0.933 bits per heavy atom. The molecule has 2 aliphatic heterocycles. The Kier molecular flexibility index (Phi) is 7.48. The number of methoxy groups -OCH3 is 1.